The molecule has 1 heterocycles. The number of halogens is 1. The van der Waals surface area contributed by atoms with Crippen LogP contribution >= 0.6 is 11.6 Å². The van der Waals surface area contributed by atoms with Crippen LogP contribution in [0, 0.1) is 11.3 Å². The van der Waals surface area contributed by atoms with Gasteiger partial charge >= 0.3 is 0 Å². The fraction of sp³-hybridized carbons (Fsp3) is 0.273. The number of rotatable bonds is 6. The highest BCUT2D eigenvalue weighted by atomic mass is 35.5. The van der Waals surface area contributed by atoms with Crippen molar-refractivity contribution in [2.75, 3.05) is 38.6 Å². The number of nitrogens with zero attached hydrogens (tertiary/aromatic N) is 3. The Morgan fingerprint density at radius 1 is 1.21 bits per heavy atom. The van der Waals surface area contributed by atoms with E-state index >= 15 is 0 Å². The second-order valence-electron chi connectivity index (χ2n) is 6.72. The maximum Gasteiger partial charge on any atom is 0.266 e. The molecule has 6 nitrogen and oxygen atoms in total. The van der Waals surface area contributed by atoms with Gasteiger partial charge in [0.15, 0.2) is 0 Å². The zero-order valence-electron chi connectivity index (χ0n) is 16.3. The third-order valence-corrected chi connectivity index (χ3v) is 5.09. The number of methoxy groups -OCH3 is 1. The molecule has 3 rings (SSSR count). The fourth-order valence-corrected chi connectivity index (χ4v) is 3.43. The van der Waals surface area contributed by atoms with Crippen LogP contribution in [0.25, 0.3) is 0 Å². The van der Waals surface area contributed by atoms with Gasteiger partial charge in [-0.3, -0.25) is 9.69 Å². The van der Waals surface area contributed by atoms with Crippen LogP contribution in [0.3, 0.4) is 0 Å². The molecule has 2 aromatic rings. The van der Waals surface area contributed by atoms with Gasteiger partial charge in [-0.2, -0.15) is 5.26 Å². The van der Waals surface area contributed by atoms with E-state index in [9.17, 15) is 10.1 Å². The Labute approximate surface area is 175 Å². The lowest BCUT2D eigenvalue weighted by Gasteiger charge is -2.34. The van der Waals surface area contributed by atoms with Crippen LogP contribution in [0.2, 0.25) is 5.02 Å². The molecule has 1 N–H and O–H groups in total. The Kier molecular flexibility index (Phi) is 7.12. The van der Waals surface area contributed by atoms with E-state index in [0.717, 1.165) is 19.6 Å². The van der Waals surface area contributed by atoms with Crippen molar-refractivity contribution < 1.29 is 9.53 Å². The summed E-state index contributed by atoms with van der Waals surface area (Å²) in [6, 6.07) is 17.4. The number of hydrogen-bond acceptors (Lipinski definition) is 5. The zero-order valence-corrected chi connectivity index (χ0v) is 17.0. The van der Waals surface area contributed by atoms with Gasteiger partial charge in [0.1, 0.15) is 17.4 Å². The van der Waals surface area contributed by atoms with Gasteiger partial charge < -0.3 is 15.0 Å². The quantitative estimate of drug-likeness (QED) is 0.583. The predicted molar refractivity (Wildman–Crippen MR) is 114 cm³/mol. The molecule has 0 radical (unpaired) electrons. The van der Waals surface area contributed by atoms with Crippen LogP contribution in [-0.4, -0.2) is 49.0 Å². The number of anilines is 1. The lowest BCUT2D eigenvalue weighted by Crippen LogP contribution is -2.48. The Hall–Kier alpha value is -3.01. The van der Waals surface area contributed by atoms with E-state index in [0.29, 0.717) is 29.5 Å². The van der Waals surface area contributed by atoms with Crippen molar-refractivity contribution >= 4 is 23.2 Å². The van der Waals surface area contributed by atoms with Crippen molar-refractivity contribution in [1.29, 1.82) is 5.26 Å². The topological polar surface area (TPSA) is 68.6 Å². The van der Waals surface area contributed by atoms with E-state index in [1.807, 2.05) is 24.3 Å². The number of carbonyl (C=O) groups excluding carboxylic acids is 1. The predicted octanol–water partition coefficient (Wildman–Crippen LogP) is 3.51. The average molecular weight is 411 g/mol. The van der Waals surface area contributed by atoms with Gasteiger partial charge in [-0.15, -0.1) is 0 Å². The molecule has 2 aromatic carbocycles. The van der Waals surface area contributed by atoms with E-state index < -0.39 is 0 Å². The number of benzene rings is 2. The highest BCUT2D eigenvalue weighted by Crippen LogP contribution is 2.27. The van der Waals surface area contributed by atoms with Crippen LogP contribution in [0.15, 0.2) is 60.3 Å². The fourth-order valence-electron chi connectivity index (χ4n) is 3.17. The maximum absolute atomic E-state index is 12.7. The lowest BCUT2D eigenvalue weighted by atomic mass is 10.2. The second-order valence-corrected chi connectivity index (χ2v) is 7.12. The first-order chi connectivity index (χ1) is 14.1. The van der Waals surface area contributed by atoms with Gasteiger partial charge in [0.2, 0.25) is 0 Å². The number of piperazine rings is 1. The van der Waals surface area contributed by atoms with Crippen LogP contribution < -0.4 is 10.1 Å². The van der Waals surface area contributed by atoms with Crippen molar-refractivity contribution in [2.24, 2.45) is 0 Å². The summed E-state index contributed by atoms with van der Waals surface area (Å²) >= 11 is 6.10. The smallest absolute Gasteiger partial charge is 0.266 e. The number of hydrogen-bond donors (Lipinski definition) is 1. The molecule has 0 unspecified atom stereocenters. The molecule has 0 aliphatic carbocycles. The molecular formula is C22H23ClN4O2. The SMILES string of the molecule is COc1ccc(N/C=C(/C#N)C(=O)N2CCN(Cc3ccccc3)CC2)cc1Cl. The monoisotopic (exact) mass is 410 g/mol. The number of nitrogens with one attached hydrogen (secondary N) is 1. The second kappa shape index (κ2) is 9.97. The number of amides is 1. The van der Waals surface area contributed by atoms with Crippen molar-refractivity contribution in [3.8, 4) is 11.8 Å². The van der Waals surface area contributed by atoms with E-state index in [1.54, 1.807) is 30.2 Å². The molecule has 1 fully saturated rings. The van der Waals surface area contributed by atoms with E-state index in [-0.39, 0.29) is 11.5 Å². The highest BCUT2D eigenvalue weighted by molar-refractivity contribution is 6.32. The summed E-state index contributed by atoms with van der Waals surface area (Å²) in [5.74, 6) is 0.296. The normalized spacial score (nSPS) is 14.9. The summed E-state index contributed by atoms with van der Waals surface area (Å²) in [4.78, 5) is 16.7. The number of nitriles is 1. The van der Waals surface area contributed by atoms with Crippen molar-refractivity contribution in [3.63, 3.8) is 0 Å². The van der Waals surface area contributed by atoms with E-state index in [4.69, 9.17) is 16.3 Å². The Balaban J connectivity index is 1.56. The molecule has 1 aliphatic heterocycles. The Morgan fingerprint density at radius 2 is 1.93 bits per heavy atom. The maximum atomic E-state index is 12.7. The number of carbonyl (C=O) groups is 1. The Morgan fingerprint density at radius 3 is 2.55 bits per heavy atom. The minimum Gasteiger partial charge on any atom is -0.495 e. The minimum absolute atomic E-state index is 0.0634. The lowest BCUT2D eigenvalue weighted by molar-refractivity contribution is -0.128. The summed E-state index contributed by atoms with van der Waals surface area (Å²) in [6.07, 6.45) is 1.43. The summed E-state index contributed by atoms with van der Waals surface area (Å²) in [6.45, 7) is 3.61. The van der Waals surface area contributed by atoms with Gasteiger partial charge in [-0.05, 0) is 23.8 Å². The molecule has 0 spiro atoms. The third kappa shape index (κ3) is 5.50. The highest BCUT2D eigenvalue weighted by Gasteiger charge is 2.23. The van der Waals surface area contributed by atoms with Crippen LogP contribution in [0.5, 0.6) is 5.75 Å². The van der Waals surface area contributed by atoms with Gasteiger partial charge in [0, 0.05) is 44.6 Å². The van der Waals surface area contributed by atoms with E-state index in [1.165, 1.54) is 11.8 Å². The standard InChI is InChI=1S/C22H23ClN4O2/c1-29-21-8-7-19(13-20(21)23)25-15-18(14-24)22(28)27-11-9-26(10-12-27)16-17-5-3-2-4-6-17/h2-8,13,15,25H,9-12,16H2,1H3/b18-15-. The van der Waals surface area contributed by atoms with Crippen LogP contribution in [0.4, 0.5) is 5.69 Å². The van der Waals surface area contributed by atoms with Gasteiger partial charge in [-0.25, -0.2) is 0 Å². The first kappa shape index (κ1) is 20.7. The molecule has 1 aliphatic rings. The molecule has 1 amide bonds. The van der Waals surface area contributed by atoms with Crippen molar-refractivity contribution in [3.05, 3.63) is 70.9 Å². The average Bonchev–Trinajstić information content (AvgIpc) is 2.75. The molecule has 0 atom stereocenters. The van der Waals surface area contributed by atoms with Crippen molar-refractivity contribution in [2.45, 2.75) is 6.54 Å². The molecule has 29 heavy (non-hydrogen) atoms. The first-order valence-corrected chi connectivity index (χ1v) is 9.74. The third-order valence-electron chi connectivity index (χ3n) is 4.79. The summed E-state index contributed by atoms with van der Waals surface area (Å²) in [5, 5.41) is 12.8. The van der Waals surface area contributed by atoms with Crippen LogP contribution in [-0.2, 0) is 11.3 Å². The van der Waals surface area contributed by atoms with E-state index in [2.05, 4.69) is 22.3 Å². The first-order valence-electron chi connectivity index (χ1n) is 9.36. The van der Waals surface area contributed by atoms with Gasteiger partial charge in [0.05, 0.1) is 12.1 Å². The molecule has 0 saturated carbocycles. The van der Waals surface area contributed by atoms with Gasteiger partial charge in [0.25, 0.3) is 5.91 Å². The molecule has 1 saturated heterocycles. The molecular weight excluding hydrogens is 388 g/mol. The minimum atomic E-state index is -0.265. The van der Waals surface area contributed by atoms with Crippen molar-refractivity contribution in [1.82, 2.24) is 9.80 Å². The molecule has 0 bridgehead atoms. The summed E-state index contributed by atoms with van der Waals surface area (Å²) in [7, 11) is 1.54. The van der Waals surface area contributed by atoms with Crippen LogP contribution in [0.1, 0.15) is 5.56 Å². The molecule has 150 valence electrons. The Bertz CT molecular complexity index is 916. The summed E-state index contributed by atoms with van der Waals surface area (Å²) < 4.78 is 5.12. The molecule has 7 heteroatoms. The summed E-state index contributed by atoms with van der Waals surface area (Å²) in [5.41, 5.74) is 1.99. The van der Waals surface area contributed by atoms with Gasteiger partial charge in [-0.1, -0.05) is 41.9 Å². The zero-order chi connectivity index (χ0) is 20.6. The number of ether oxygens (including phenoxy) is 1. The molecule has 0 aromatic heterocycles. The largest absolute Gasteiger partial charge is 0.495 e.